The minimum atomic E-state index is -0.451. The molecule has 0 saturated carbocycles. The van der Waals surface area contributed by atoms with Crippen molar-refractivity contribution in [3.63, 3.8) is 0 Å². The fourth-order valence-electron chi connectivity index (χ4n) is 4.07. The van der Waals surface area contributed by atoms with Crippen molar-refractivity contribution < 1.29 is 14.3 Å². The van der Waals surface area contributed by atoms with E-state index in [4.69, 9.17) is 16.3 Å². The van der Waals surface area contributed by atoms with E-state index in [0.717, 1.165) is 41.0 Å². The lowest BCUT2D eigenvalue weighted by Gasteiger charge is -2.26. The smallest absolute Gasteiger partial charge is 0.306 e. The molecule has 1 unspecified atom stereocenters. The quantitative estimate of drug-likeness (QED) is 0.273. The van der Waals surface area contributed by atoms with Gasteiger partial charge < -0.3 is 9.30 Å². The molecule has 7 heteroatoms. The maximum Gasteiger partial charge on any atom is 0.306 e. The third kappa shape index (κ3) is 3.74. The van der Waals surface area contributed by atoms with Crippen molar-refractivity contribution >= 4 is 46.1 Å². The molecule has 0 bridgehead atoms. The topological polar surface area (TPSA) is 61.2 Å². The summed E-state index contributed by atoms with van der Waals surface area (Å²) < 4.78 is 7.90. The van der Waals surface area contributed by atoms with Crippen LogP contribution in [0.25, 0.3) is 11.0 Å². The lowest BCUT2D eigenvalue weighted by Crippen LogP contribution is -2.22. The molecule has 2 aromatic heterocycles. The van der Waals surface area contributed by atoms with Gasteiger partial charge in [-0.2, -0.15) is 0 Å². The number of carbonyl (C=O) groups excluding carboxylic acids is 2. The Morgan fingerprint density at radius 1 is 1.27 bits per heavy atom. The van der Waals surface area contributed by atoms with Crippen molar-refractivity contribution in [2.24, 2.45) is 0 Å². The van der Waals surface area contributed by atoms with Crippen LogP contribution in [0.3, 0.4) is 0 Å². The summed E-state index contributed by atoms with van der Waals surface area (Å²) in [6, 6.07) is 8.82. The van der Waals surface area contributed by atoms with Gasteiger partial charge >= 0.3 is 5.97 Å². The molecule has 1 aliphatic rings. The van der Waals surface area contributed by atoms with Gasteiger partial charge in [0.15, 0.2) is 5.78 Å². The molecule has 1 aliphatic heterocycles. The summed E-state index contributed by atoms with van der Waals surface area (Å²) in [7, 11) is 0. The first-order valence-electron chi connectivity index (χ1n) is 10.1. The van der Waals surface area contributed by atoms with Crippen LogP contribution >= 0.6 is 23.4 Å². The van der Waals surface area contributed by atoms with Crippen LogP contribution in [0, 0.1) is 0 Å². The monoisotopic (exact) mass is 442 g/mol. The van der Waals surface area contributed by atoms with Crippen molar-refractivity contribution in [1.82, 2.24) is 9.55 Å². The molecular formula is C23H23ClN2O3S. The summed E-state index contributed by atoms with van der Waals surface area (Å²) in [5.74, 6) is -0.337. The molecule has 0 fully saturated rings. The molecule has 0 aliphatic carbocycles. The summed E-state index contributed by atoms with van der Waals surface area (Å²) in [4.78, 5) is 31.6. The molecule has 0 N–H and O–H groups in total. The van der Waals surface area contributed by atoms with Crippen molar-refractivity contribution in [3.05, 3.63) is 58.4 Å². The van der Waals surface area contributed by atoms with Gasteiger partial charge in [0.1, 0.15) is 11.8 Å². The molecule has 0 saturated heterocycles. The Hall–Kier alpha value is -2.31. The second kappa shape index (κ2) is 8.82. The lowest BCUT2D eigenvalue weighted by molar-refractivity contribution is -0.150. The number of aryl methyl sites for hydroxylation is 1. The van der Waals surface area contributed by atoms with Gasteiger partial charge in [0, 0.05) is 40.0 Å². The zero-order chi connectivity index (χ0) is 21.3. The number of aromatic nitrogens is 2. The second-order valence-electron chi connectivity index (χ2n) is 7.33. The number of ketones is 1. The van der Waals surface area contributed by atoms with E-state index in [1.54, 1.807) is 42.2 Å². The number of benzene rings is 1. The first-order chi connectivity index (χ1) is 14.5. The maximum atomic E-state index is 13.7. The number of hydrogen-bond acceptors (Lipinski definition) is 5. The van der Waals surface area contributed by atoms with E-state index in [1.807, 2.05) is 19.2 Å². The Balaban J connectivity index is 1.94. The van der Waals surface area contributed by atoms with Crippen molar-refractivity contribution in [3.8, 4) is 0 Å². The standard InChI is InChI=1S/C23H23ClN2O3S/c1-3-5-18(27)29-16-6-4-13-26-21(16)20(19-17(30-2)11-12-25-23(19)26)22(28)14-7-9-15(24)10-8-14/h7-12,16H,3-6,13H2,1-2H3. The van der Waals surface area contributed by atoms with Crippen LogP contribution in [0.15, 0.2) is 41.4 Å². The van der Waals surface area contributed by atoms with Crippen LogP contribution in [-0.4, -0.2) is 27.6 Å². The SMILES string of the molecule is CCCC(=O)OC1CCCn2c1c(C(=O)c1ccc(Cl)cc1)c1c(SC)ccnc12. The van der Waals surface area contributed by atoms with E-state index in [0.29, 0.717) is 29.0 Å². The first kappa shape index (κ1) is 20.9. The zero-order valence-electron chi connectivity index (χ0n) is 17.0. The lowest BCUT2D eigenvalue weighted by atomic mass is 9.96. The average molecular weight is 443 g/mol. The molecule has 3 aromatic rings. The number of thioether (sulfide) groups is 1. The fourth-order valence-corrected chi connectivity index (χ4v) is 4.79. The van der Waals surface area contributed by atoms with Gasteiger partial charge in [-0.25, -0.2) is 4.98 Å². The molecule has 0 radical (unpaired) electrons. The van der Waals surface area contributed by atoms with Crippen molar-refractivity contribution in [1.29, 1.82) is 0 Å². The molecule has 0 spiro atoms. The number of ether oxygens (including phenoxy) is 1. The normalized spacial score (nSPS) is 15.8. The summed E-state index contributed by atoms with van der Waals surface area (Å²) in [5, 5.41) is 1.41. The van der Waals surface area contributed by atoms with Gasteiger partial charge in [-0.05, 0) is 55.9 Å². The Kier molecular flexibility index (Phi) is 6.16. The van der Waals surface area contributed by atoms with E-state index >= 15 is 0 Å². The van der Waals surface area contributed by atoms with E-state index < -0.39 is 6.10 Å². The first-order valence-corrected chi connectivity index (χ1v) is 11.7. The number of esters is 1. The van der Waals surface area contributed by atoms with Crippen LogP contribution in [0.2, 0.25) is 5.02 Å². The van der Waals surface area contributed by atoms with Gasteiger partial charge in [-0.15, -0.1) is 11.8 Å². The van der Waals surface area contributed by atoms with Gasteiger partial charge in [-0.1, -0.05) is 18.5 Å². The van der Waals surface area contributed by atoms with E-state index in [-0.39, 0.29) is 11.8 Å². The van der Waals surface area contributed by atoms with Gasteiger partial charge in [0.25, 0.3) is 0 Å². The number of nitrogens with zero attached hydrogens (tertiary/aromatic N) is 2. The molecule has 1 aromatic carbocycles. The minimum Gasteiger partial charge on any atom is -0.456 e. The van der Waals surface area contributed by atoms with Gasteiger partial charge in [0.2, 0.25) is 0 Å². The number of fused-ring (bicyclic) bond motifs is 3. The molecule has 3 heterocycles. The summed E-state index contributed by atoms with van der Waals surface area (Å²) in [6.45, 7) is 2.69. The van der Waals surface area contributed by atoms with Crippen LogP contribution in [0.5, 0.6) is 0 Å². The molecule has 0 amide bonds. The maximum absolute atomic E-state index is 13.7. The van der Waals surface area contributed by atoms with Crippen molar-refractivity contribution in [2.45, 2.75) is 50.2 Å². The Labute approximate surface area is 184 Å². The van der Waals surface area contributed by atoms with Crippen LogP contribution in [0.1, 0.15) is 60.3 Å². The summed E-state index contributed by atoms with van der Waals surface area (Å²) >= 11 is 7.60. The highest BCUT2D eigenvalue weighted by Crippen LogP contribution is 2.41. The molecule has 30 heavy (non-hydrogen) atoms. The Bertz CT molecular complexity index is 1110. The number of halogens is 1. The predicted molar refractivity (Wildman–Crippen MR) is 119 cm³/mol. The molecule has 1 atom stereocenters. The third-order valence-electron chi connectivity index (χ3n) is 5.38. The average Bonchev–Trinajstić information content (AvgIpc) is 3.09. The van der Waals surface area contributed by atoms with Crippen LogP contribution in [-0.2, 0) is 16.1 Å². The van der Waals surface area contributed by atoms with E-state index in [1.165, 1.54) is 0 Å². The van der Waals surface area contributed by atoms with Gasteiger partial charge in [0.05, 0.1) is 11.3 Å². The second-order valence-corrected chi connectivity index (χ2v) is 8.61. The summed E-state index contributed by atoms with van der Waals surface area (Å²) in [6.07, 6.45) is 5.95. The minimum absolute atomic E-state index is 0.104. The number of rotatable bonds is 6. The van der Waals surface area contributed by atoms with Crippen LogP contribution < -0.4 is 0 Å². The molecule has 156 valence electrons. The predicted octanol–water partition coefficient (Wildman–Crippen LogP) is 5.82. The van der Waals surface area contributed by atoms with E-state index in [2.05, 4.69) is 9.55 Å². The highest BCUT2D eigenvalue weighted by Gasteiger charge is 2.34. The number of pyridine rings is 1. The molecular weight excluding hydrogens is 420 g/mol. The highest BCUT2D eigenvalue weighted by atomic mass is 35.5. The number of hydrogen-bond donors (Lipinski definition) is 0. The van der Waals surface area contributed by atoms with Gasteiger partial charge in [-0.3, -0.25) is 9.59 Å². The van der Waals surface area contributed by atoms with E-state index in [9.17, 15) is 9.59 Å². The summed E-state index contributed by atoms with van der Waals surface area (Å²) in [5.41, 5.74) is 2.66. The Morgan fingerprint density at radius 2 is 2.03 bits per heavy atom. The van der Waals surface area contributed by atoms with Crippen LogP contribution in [0.4, 0.5) is 0 Å². The number of carbonyl (C=O) groups is 2. The molecule has 4 rings (SSSR count). The zero-order valence-corrected chi connectivity index (χ0v) is 18.6. The Morgan fingerprint density at radius 3 is 2.73 bits per heavy atom. The third-order valence-corrected chi connectivity index (χ3v) is 6.41. The largest absolute Gasteiger partial charge is 0.456 e. The fraction of sp³-hybridized carbons (Fsp3) is 0.348. The highest BCUT2D eigenvalue weighted by molar-refractivity contribution is 7.98. The molecule has 5 nitrogen and oxygen atoms in total. The van der Waals surface area contributed by atoms with Crippen molar-refractivity contribution in [2.75, 3.05) is 6.26 Å².